The molecule has 0 radical (unpaired) electrons. The molecule has 2 rings (SSSR count). The van der Waals surface area contributed by atoms with E-state index in [9.17, 15) is 9.18 Å². The van der Waals surface area contributed by atoms with E-state index in [4.69, 9.17) is 23.2 Å². The number of rotatable bonds is 3. The molecule has 0 atom stereocenters. The van der Waals surface area contributed by atoms with Gasteiger partial charge in [-0.2, -0.15) is 0 Å². The molecule has 3 nitrogen and oxygen atoms in total. The Morgan fingerprint density at radius 2 is 1.90 bits per heavy atom. The number of halogens is 4. The SMILES string of the molecule is O=C(NCc1cc(F)ccc1Br)c1cc(Cl)nc(Cl)c1. The highest BCUT2D eigenvalue weighted by Crippen LogP contribution is 2.18. The average Bonchev–Trinajstić information content (AvgIpc) is 2.38. The van der Waals surface area contributed by atoms with Crippen LogP contribution in [-0.2, 0) is 6.54 Å². The van der Waals surface area contributed by atoms with Gasteiger partial charge in [0.2, 0.25) is 0 Å². The second kappa shape index (κ2) is 6.52. The lowest BCUT2D eigenvalue weighted by Crippen LogP contribution is -2.23. The monoisotopic (exact) mass is 376 g/mol. The zero-order chi connectivity index (χ0) is 14.7. The molecule has 1 amide bonds. The number of nitrogens with one attached hydrogen (secondary N) is 1. The Hall–Kier alpha value is -1.17. The highest BCUT2D eigenvalue weighted by molar-refractivity contribution is 9.10. The molecule has 0 saturated carbocycles. The van der Waals surface area contributed by atoms with E-state index in [1.165, 1.54) is 24.3 Å². The Labute approximate surface area is 133 Å². The fourth-order valence-electron chi connectivity index (χ4n) is 1.55. The minimum atomic E-state index is -0.368. The summed E-state index contributed by atoms with van der Waals surface area (Å²) in [5.41, 5.74) is 0.923. The molecule has 0 bridgehead atoms. The molecule has 0 unspecified atom stereocenters. The summed E-state index contributed by atoms with van der Waals surface area (Å²) < 4.78 is 13.8. The minimum absolute atomic E-state index is 0.134. The van der Waals surface area contributed by atoms with Gasteiger partial charge in [-0.3, -0.25) is 4.79 Å². The first-order chi connectivity index (χ1) is 9.45. The van der Waals surface area contributed by atoms with Gasteiger partial charge >= 0.3 is 0 Å². The molecule has 0 aliphatic heterocycles. The van der Waals surface area contributed by atoms with Gasteiger partial charge < -0.3 is 5.32 Å². The van der Waals surface area contributed by atoms with Gasteiger partial charge in [0.25, 0.3) is 5.91 Å². The first-order valence-corrected chi connectivity index (χ1v) is 7.06. The van der Waals surface area contributed by atoms with Gasteiger partial charge in [0.1, 0.15) is 16.1 Å². The first kappa shape index (κ1) is 15.2. The number of aromatic nitrogens is 1. The molecule has 0 spiro atoms. The number of amides is 1. The van der Waals surface area contributed by atoms with Crippen LogP contribution in [0.3, 0.4) is 0 Å². The number of benzene rings is 1. The van der Waals surface area contributed by atoms with Crippen molar-refractivity contribution in [3.05, 3.63) is 62.1 Å². The van der Waals surface area contributed by atoms with E-state index in [-0.39, 0.29) is 28.6 Å². The Morgan fingerprint density at radius 3 is 2.55 bits per heavy atom. The summed E-state index contributed by atoms with van der Waals surface area (Å²) in [6.45, 7) is 0.175. The molecule has 0 aliphatic rings. The Kier molecular flexibility index (Phi) is 4.96. The van der Waals surface area contributed by atoms with E-state index in [1.807, 2.05) is 0 Å². The maximum absolute atomic E-state index is 13.1. The lowest BCUT2D eigenvalue weighted by atomic mass is 10.2. The van der Waals surface area contributed by atoms with Gasteiger partial charge in [0, 0.05) is 16.6 Å². The highest BCUT2D eigenvalue weighted by Gasteiger charge is 2.10. The van der Waals surface area contributed by atoms with Gasteiger partial charge in [0.05, 0.1) is 0 Å². The predicted molar refractivity (Wildman–Crippen MR) is 79.5 cm³/mol. The maximum Gasteiger partial charge on any atom is 0.251 e. The van der Waals surface area contributed by atoms with Crippen LogP contribution in [0.25, 0.3) is 0 Å². The molecule has 0 fully saturated rings. The van der Waals surface area contributed by atoms with Crippen LogP contribution in [0.15, 0.2) is 34.8 Å². The lowest BCUT2D eigenvalue weighted by Gasteiger charge is -2.08. The fourth-order valence-corrected chi connectivity index (χ4v) is 2.40. The number of hydrogen-bond donors (Lipinski definition) is 1. The third kappa shape index (κ3) is 3.91. The third-order valence-corrected chi connectivity index (χ3v) is 3.63. The number of carbonyl (C=O) groups is 1. The smallest absolute Gasteiger partial charge is 0.251 e. The van der Waals surface area contributed by atoms with E-state index in [1.54, 1.807) is 6.07 Å². The number of carbonyl (C=O) groups excluding carboxylic acids is 1. The van der Waals surface area contributed by atoms with E-state index in [2.05, 4.69) is 26.2 Å². The molecule has 7 heteroatoms. The van der Waals surface area contributed by atoms with E-state index in [0.717, 1.165) is 0 Å². The summed E-state index contributed by atoms with van der Waals surface area (Å²) >= 11 is 14.7. The third-order valence-electron chi connectivity index (χ3n) is 2.47. The van der Waals surface area contributed by atoms with Crippen LogP contribution >= 0.6 is 39.1 Å². The predicted octanol–water partition coefficient (Wildman–Crippen LogP) is 4.22. The van der Waals surface area contributed by atoms with Crippen molar-refractivity contribution >= 4 is 45.0 Å². The van der Waals surface area contributed by atoms with Crippen molar-refractivity contribution in [3.8, 4) is 0 Å². The molecule has 0 aliphatic carbocycles. The van der Waals surface area contributed by atoms with Crippen LogP contribution in [0, 0.1) is 5.82 Å². The van der Waals surface area contributed by atoms with Crippen molar-refractivity contribution in [2.75, 3.05) is 0 Å². The van der Waals surface area contributed by atoms with Gasteiger partial charge in [-0.25, -0.2) is 9.37 Å². The van der Waals surface area contributed by atoms with Crippen molar-refractivity contribution in [2.45, 2.75) is 6.54 Å². The molecular formula is C13H8BrCl2FN2O. The van der Waals surface area contributed by atoms with Gasteiger partial charge in [-0.05, 0) is 35.9 Å². The van der Waals surface area contributed by atoms with Crippen molar-refractivity contribution in [2.24, 2.45) is 0 Å². The number of hydrogen-bond acceptors (Lipinski definition) is 2. The molecule has 1 N–H and O–H groups in total. The normalized spacial score (nSPS) is 10.4. The summed E-state index contributed by atoms with van der Waals surface area (Å²) in [4.78, 5) is 15.7. The van der Waals surface area contributed by atoms with Crippen LogP contribution in [0.1, 0.15) is 15.9 Å². The van der Waals surface area contributed by atoms with E-state index >= 15 is 0 Å². The molecule has 20 heavy (non-hydrogen) atoms. The van der Waals surface area contributed by atoms with Crippen molar-refractivity contribution in [3.63, 3.8) is 0 Å². The molecule has 0 saturated heterocycles. The topological polar surface area (TPSA) is 42.0 Å². The van der Waals surface area contributed by atoms with Gasteiger partial charge in [-0.15, -0.1) is 0 Å². The minimum Gasteiger partial charge on any atom is -0.348 e. The largest absolute Gasteiger partial charge is 0.348 e. The molecule has 1 heterocycles. The zero-order valence-electron chi connectivity index (χ0n) is 9.96. The summed E-state index contributed by atoms with van der Waals surface area (Å²) in [5.74, 6) is -0.736. The molecule has 1 aromatic heterocycles. The van der Waals surface area contributed by atoms with Crippen LogP contribution in [0.2, 0.25) is 10.3 Å². The van der Waals surface area contributed by atoms with E-state index < -0.39 is 0 Å². The Morgan fingerprint density at radius 1 is 1.25 bits per heavy atom. The van der Waals surface area contributed by atoms with Crippen molar-refractivity contribution in [1.82, 2.24) is 10.3 Å². The summed E-state index contributed by atoms with van der Waals surface area (Å²) in [6.07, 6.45) is 0. The molecular weight excluding hydrogens is 370 g/mol. The Bertz CT molecular complexity index is 647. The van der Waals surface area contributed by atoms with E-state index in [0.29, 0.717) is 15.6 Å². The molecule has 1 aromatic carbocycles. The summed E-state index contributed by atoms with van der Waals surface area (Å²) in [6, 6.07) is 7.07. The molecule has 2 aromatic rings. The van der Waals surface area contributed by atoms with Crippen LogP contribution < -0.4 is 5.32 Å². The van der Waals surface area contributed by atoms with Crippen molar-refractivity contribution < 1.29 is 9.18 Å². The number of nitrogens with zero attached hydrogens (tertiary/aromatic N) is 1. The molecule has 104 valence electrons. The second-order valence-corrected chi connectivity index (χ2v) is 5.55. The average molecular weight is 378 g/mol. The van der Waals surface area contributed by atoms with Gasteiger partial charge in [0.15, 0.2) is 0 Å². The standard InChI is InChI=1S/C13H8BrCl2FN2O/c14-10-2-1-9(17)3-8(10)6-18-13(20)7-4-11(15)19-12(16)5-7/h1-5H,6H2,(H,18,20). The number of pyridine rings is 1. The second-order valence-electron chi connectivity index (χ2n) is 3.92. The maximum atomic E-state index is 13.1. The first-order valence-electron chi connectivity index (χ1n) is 5.51. The van der Waals surface area contributed by atoms with Crippen LogP contribution in [0.5, 0.6) is 0 Å². The zero-order valence-corrected chi connectivity index (χ0v) is 13.1. The summed E-state index contributed by atoms with van der Waals surface area (Å²) in [5, 5.41) is 2.92. The van der Waals surface area contributed by atoms with Crippen LogP contribution in [0.4, 0.5) is 4.39 Å². The highest BCUT2D eigenvalue weighted by atomic mass is 79.9. The van der Waals surface area contributed by atoms with Gasteiger partial charge in [-0.1, -0.05) is 39.1 Å². The fraction of sp³-hybridized carbons (Fsp3) is 0.0769. The van der Waals surface area contributed by atoms with Crippen LogP contribution in [-0.4, -0.2) is 10.9 Å². The quantitative estimate of drug-likeness (QED) is 0.813. The van der Waals surface area contributed by atoms with Crippen molar-refractivity contribution in [1.29, 1.82) is 0 Å². The summed E-state index contributed by atoms with van der Waals surface area (Å²) in [7, 11) is 0. The lowest BCUT2D eigenvalue weighted by molar-refractivity contribution is 0.0950. The Balaban J connectivity index is 2.10.